The van der Waals surface area contributed by atoms with Gasteiger partial charge in [0.25, 0.3) is 0 Å². The molecule has 0 amide bonds. The summed E-state index contributed by atoms with van der Waals surface area (Å²) in [7, 11) is 1.67. The summed E-state index contributed by atoms with van der Waals surface area (Å²) in [5.74, 6) is 0.802. The highest BCUT2D eigenvalue weighted by atomic mass is 16.5. The number of rotatable bonds is 7. The van der Waals surface area contributed by atoms with Gasteiger partial charge in [-0.2, -0.15) is 0 Å². The zero-order chi connectivity index (χ0) is 13.5. The Kier molecular flexibility index (Phi) is 5.82. The minimum Gasteiger partial charge on any atom is -0.377 e. The van der Waals surface area contributed by atoms with E-state index in [0.717, 1.165) is 37.6 Å². The summed E-state index contributed by atoms with van der Waals surface area (Å²) < 4.78 is 10.3. The van der Waals surface area contributed by atoms with Crippen LogP contribution in [0.1, 0.15) is 37.6 Å². The Hall–Kier alpha value is -0.910. The molecular weight excluding hydrogens is 242 g/mol. The molecule has 1 fully saturated rings. The number of ether oxygens (including phenoxy) is 1. The normalized spacial score (nSPS) is 20.1. The Labute approximate surface area is 115 Å². The van der Waals surface area contributed by atoms with Crippen LogP contribution in [-0.2, 0) is 17.9 Å². The van der Waals surface area contributed by atoms with Gasteiger partial charge in [-0.25, -0.2) is 0 Å². The molecule has 1 unspecified atom stereocenters. The summed E-state index contributed by atoms with van der Waals surface area (Å²) in [5, 5.41) is 7.61. The second kappa shape index (κ2) is 7.62. The van der Waals surface area contributed by atoms with Gasteiger partial charge in [0.2, 0.25) is 0 Å². The fourth-order valence-electron chi connectivity index (χ4n) is 2.67. The van der Waals surface area contributed by atoms with Crippen molar-refractivity contribution in [2.45, 2.75) is 45.4 Å². The van der Waals surface area contributed by atoms with Crippen molar-refractivity contribution in [3.63, 3.8) is 0 Å². The predicted octanol–water partition coefficient (Wildman–Crippen LogP) is 1.78. The molecule has 108 valence electrons. The maximum Gasteiger partial charge on any atom is 0.162 e. The van der Waals surface area contributed by atoms with E-state index in [2.05, 4.69) is 22.3 Å². The largest absolute Gasteiger partial charge is 0.377 e. The first kappa shape index (κ1) is 14.5. The van der Waals surface area contributed by atoms with Crippen LogP contribution in [0.4, 0.5) is 0 Å². The maximum absolute atomic E-state index is 5.25. The lowest BCUT2D eigenvalue weighted by molar-refractivity contribution is 0.149. The quantitative estimate of drug-likeness (QED) is 0.816. The van der Waals surface area contributed by atoms with Crippen molar-refractivity contribution in [2.24, 2.45) is 0 Å². The molecule has 1 aromatic rings. The molecule has 1 atom stereocenters. The summed E-state index contributed by atoms with van der Waals surface area (Å²) in [6.45, 7) is 6.93. The molecule has 1 aliphatic rings. The minimum atomic E-state index is 0.492. The third-order valence-electron chi connectivity index (χ3n) is 3.56. The first-order valence-electron chi connectivity index (χ1n) is 7.21. The first-order valence-corrected chi connectivity index (χ1v) is 7.21. The van der Waals surface area contributed by atoms with Crippen LogP contribution >= 0.6 is 0 Å². The number of hydrogen-bond acceptors (Lipinski definition) is 5. The zero-order valence-electron chi connectivity index (χ0n) is 12.0. The minimum absolute atomic E-state index is 0.492. The smallest absolute Gasteiger partial charge is 0.162 e. The van der Waals surface area contributed by atoms with Crippen molar-refractivity contribution in [2.75, 3.05) is 26.7 Å². The molecular formula is C14H25N3O2. The highest BCUT2D eigenvalue weighted by molar-refractivity contribution is 5.05. The molecule has 1 N–H and O–H groups in total. The second-order valence-electron chi connectivity index (χ2n) is 5.19. The van der Waals surface area contributed by atoms with E-state index < -0.39 is 0 Å². The predicted molar refractivity (Wildman–Crippen MR) is 73.8 cm³/mol. The van der Waals surface area contributed by atoms with Crippen molar-refractivity contribution in [3.05, 3.63) is 17.5 Å². The number of nitrogens with one attached hydrogen (secondary N) is 1. The lowest BCUT2D eigenvalue weighted by Gasteiger charge is -2.33. The molecule has 19 heavy (non-hydrogen) atoms. The van der Waals surface area contributed by atoms with Gasteiger partial charge in [0.1, 0.15) is 6.61 Å². The van der Waals surface area contributed by atoms with Crippen LogP contribution in [0.5, 0.6) is 0 Å². The van der Waals surface area contributed by atoms with Crippen LogP contribution in [0, 0.1) is 0 Å². The molecule has 0 bridgehead atoms. The number of nitrogens with zero attached hydrogens (tertiary/aromatic N) is 2. The molecule has 1 aliphatic heterocycles. The van der Waals surface area contributed by atoms with E-state index in [0.29, 0.717) is 12.6 Å². The fourth-order valence-corrected chi connectivity index (χ4v) is 2.67. The lowest BCUT2D eigenvalue weighted by atomic mass is 10.1. The van der Waals surface area contributed by atoms with Crippen LogP contribution in [0.2, 0.25) is 0 Å². The summed E-state index contributed by atoms with van der Waals surface area (Å²) in [6, 6.07) is 2.62. The average Bonchev–Trinajstić information content (AvgIpc) is 2.87. The number of piperidine rings is 1. The fraction of sp³-hybridized carbons (Fsp3) is 0.786. The third kappa shape index (κ3) is 4.30. The van der Waals surface area contributed by atoms with Gasteiger partial charge in [-0.1, -0.05) is 12.1 Å². The van der Waals surface area contributed by atoms with Crippen molar-refractivity contribution in [3.8, 4) is 0 Å². The average molecular weight is 267 g/mol. The third-order valence-corrected chi connectivity index (χ3v) is 3.56. The standard InChI is InChI=1S/C14H25N3O2/c1-3-7-17(13-5-4-6-15-9-13)10-12-8-14(11-18-2)19-16-12/h8,13,15H,3-7,9-11H2,1-2H3. The van der Waals surface area contributed by atoms with Crippen molar-refractivity contribution in [1.82, 2.24) is 15.4 Å². The van der Waals surface area contributed by atoms with Gasteiger partial charge < -0.3 is 14.6 Å². The van der Waals surface area contributed by atoms with Crippen LogP contribution in [-0.4, -0.2) is 42.8 Å². The Morgan fingerprint density at radius 3 is 3.16 bits per heavy atom. The van der Waals surface area contributed by atoms with Crippen molar-refractivity contribution in [1.29, 1.82) is 0 Å². The zero-order valence-corrected chi connectivity index (χ0v) is 12.0. The Morgan fingerprint density at radius 1 is 1.58 bits per heavy atom. The van der Waals surface area contributed by atoms with Gasteiger partial charge >= 0.3 is 0 Å². The SMILES string of the molecule is CCCN(Cc1cc(COC)on1)C1CCCNC1. The van der Waals surface area contributed by atoms with Crippen molar-refractivity contribution < 1.29 is 9.26 Å². The molecule has 5 nitrogen and oxygen atoms in total. The molecule has 2 rings (SSSR count). The van der Waals surface area contributed by atoms with Gasteiger partial charge in [-0.05, 0) is 32.4 Å². The summed E-state index contributed by atoms with van der Waals surface area (Å²) >= 11 is 0. The van der Waals surface area contributed by atoms with E-state index in [1.54, 1.807) is 7.11 Å². The molecule has 2 heterocycles. The van der Waals surface area contributed by atoms with Crippen LogP contribution in [0.25, 0.3) is 0 Å². The summed E-state index contributed by atoms with van der Waals surface area (Å²) in [6.07, 6.45) is 3.70. The van der Waals surface area contributed by atoms with Crippen LogP contribution in [0.15, 0.2) is 10.6 Å². The molecule has 0 radical (unpaired) electrons. The monoisotopic (exact) mass is 267 g/mol. The molecule has 0 aromatic carbocycles. The number of methoxy groups -OCH3 is 1. The highest BCUT2D eigenvalue weighted by Gasteiger charge is 2.21. The number of aromatic nitrogens is 1. The van der Waals surface area contributed by atoms with E-state index in [1.165, 1.54) is 19.3 Å². The van der Waals surface area contributed by atoms with E-state index >= 15 is 0 Å². The molecule has 1 aromatic heterocycles. The Bertz CT molecular complexity index is 361. The van der Waals surface area contributed by atoms with Crippen LogP contribution < -0.4 is 5.32 Å². The van der Waals surface area contributed by atoms with Gasteiger partial charge in [-0.15, -0.1) is 0 Å². The lowest BCUT2D eigenvalue weighted by Crippen LogP contribution is -2.45. The summed E-state index contributed by atoms with van der Waals surface area (Å²) in [5.41, 5.74) is 1.01. The van der Waals surface area contributed by atoms with Gasteiger partial charge in [-0.3, -0.25) is 4.90 Å². The molecule has 0 spiro atoms. The van der Waals surface area contributed by atoms with Gasteiger partial charge in [0.05, 0.1) is 5.69 Å². The van der Waals surface area contributed by atoms with Gasteiger partial charge in [0, 0.05) is 32.3 Å². The molecule has 0 aliphatic carbocycles. The Balaban J connectivity index is 1.94. The highest BCUT2D eigenvalue weighted by Crippen LogP contribution is 2.15. The van der Waals surface area contributed by atoms with E-state index in [4.69, 9.17) is 9.26 Å². The number of hydrogen-bond donors (Lipinski definition) is 1. The van der Waals surface area contributed by atoms with E-state index in [-0.39, 0.29) is 0 Å². The molecule has 0 saturated carbocycles. The van der Waals surface area contributed by atoms with Crippen molar-refractivity contribution >= 4 is 0 Å². The summed E-state index contributed by atoms with van der Waals surface area (Å²) in [4.78, 5) is 2.51. The molecule has 1 saturated heterocycles. The molecule has 5 heteroatoms. The van der Waals surface area contributed by atoms with Crippen LogP contribution in [0.3, 0.4) is 0 Å². The first-order chi connectivity index (χ1) is 9.33. The maximum atomic E-state index is 5.25. The van der Waals surface area contributed by atoms with E-state index in [9.17, 15) is 0 Å². The second-order valence-corrected chi connectivity index (χ2v) is 5.19. The van der Waals surface area contributed by atoms with Gasteiger partial charge in [0.15, 0.2) is 5.76 Å². The van der Waals surface area contributed by atoms with E-state index in [1.807, 2.05) is 6.07 Å². The Morgan fingerprint density at radius 2 is 2.47 bits per heavy atom. The topological polar surface area (TPSA) is 50.5 Å².